The van der Waals surface area contributed by atoms with Gasteiger partial charge in [-0.15, -0.1) is 0 Å². The van der Waals surface area contributed by atoms with Crippen molar-refractivity contribution in [2.24, 2.45) is 17.1 Å². The Kier molecular flexibility index (Phi) is 5.11. The van der Waals surface area contributed by atoms with Crippen LogP contribution >= 0.6 is 0 Å². The van der Waals surface area contributed by atoms with E-state index < -0.39 is 0 Å². The molecule has 1 fully saturated rings. The van der Waals surface area contributed by atoms with E-state index in [-0.39, 0.29) is 5.41 Å². The molecular weight excluding hydrogens is 256 g/mol. The molecule has 2 rings (SSSR count). The number of nitrogens with zero attached hydrogens (tertiary/aromatic N) is 1. The van der Waals surface area contributed by atoms with Gasteiger partial charge in [0.25, 0.3) is 0 Å². The third-order valence-corrected chi connectivity index (χ3v) is 5.31. The van der Waals surface area contributed by atoms with Crippen molar-refractivity contribution in [3.05, 3.63) is 35.9 Å². The highest BCUT2D eigenvalue weighted by molar-refractivity contribution is 5.25. The van der Waals surface area contributed by atoms with Crippen molar-refractivity contribution >= 4 is 0 Å². The second-order valence-electron chi connectivity index (χ2n) is 8.05. The Morgan fingerprint density at radius 1 is 1.05 bits per heavy atom. The number of rotatable bonds is 4. The van der Waals surface area contributed by atoms with Gasteiger partial charge in [0.15, 0.2) is 0 Å². The van der Waals surface area contributed by atoms with Gasteiger partial charge in [-0.25, -0.2) is 0 Å². The van der Waals surface area contributed by atoms with Crippen molar-refractivity contribution in [3.8, 4) is 0 Å². The Labute approximate surface area is 130 Å². The molecule has 2 nitrogen and oxygen atoms in total. The summed E-state index contributed by atoms with van der Waals surface area (Å²) in [5.41, 5.74) is 8.00. The van der Waals surface area contributed by atoms with Crippen molar-refractivity contribution in [2.45, 2.75) is 46.0 Å². The van der Waals surface area contributed by atoms with Gasteiger partial charge in [0.05, 0.1) is 0 Å². The zero-order valence-corrected chi connectivity index (χ0v) is 14.2. The number of hydrogen-bond acceptors (Lipinski definition) is 2. The van der Waals surface area contributed by atoms with E-state index in [1.165, 1.54) is 31.5 Å². The van der Waals surface area contributed by atoms with Gasteiger partial charge >= 0.3 is 0 Å². The summed E-state index contributed by atoms with van der Waals surface area (Å²) in [5, 5.41) is 0. The minimum absolute atomic E-state index is 0.0653. The fourth-order valence-electron chi connectivity index (χ4n) is 3.56. The van der Waals surface area contributed by atoms with Crippen molar-refractivity contribution in [3.63, 3.8) is 0 Å². The molecule has 2 N–H and O–H groups in total. The van der Waals surface area contributed by atoms with Crippen LogP contribution in [0.2, 0.25) is 0 Å². The number of nitrogens with two attached hydrogens (primary N) is 1. The van der Waals surface area contributed by atoms with Crippen molar-refractivity contribution in [1.82, 2.24) is 4.90 Å². The summed E-state index contributed by atoms with van der Waals surface area (Å²) < 4.78 is 0. The molecule has 0 radical (unpaired) electrons. The van der Waals surface area contributed by atoms with Crippen LogP contribution in [0.5, 0.6) is 0 Å². The smallest absolute Gasteiger partial charge is 0.0174 e. The normalized spacial score (nSPS) is 21.2. The Balaban J connectivity index is 1.98. The predicted molar refractivity (Wildman–Crippen MR) is 91.5 cm³/mol. The number of piperidine rings is 1. The van der Waals surface area contributed by atoms with E-state index in [1.54, 1.807) is 0 Å². The molecule has 0 spiro atoms. The monoisotopic (exact) mass is 288 g/mol. The van der Waals surface area contributed by atoms with E-state index in [9.17, 15) is 0 Å². The van der Waals surface area contributed by atoms with E-state index in [0.717, 1.165) is 12.5 Å². The third kappa shape index (κ3) is 4.08. The molecule has 1 aromatic rings. The summed E-state index contributed by atoms with van der Waals surface area (Å²) in [5.74, 6) is 0.856. The molecule has 1 saturated heterocycles. The first-order valence-electron chi connectivity index (χ1n) is 8.33. The molecule has 0 saturated carbocycles. The molecule has 1 aromatic carbocycles. The van der Waals surface area contributed by atoms with E-state index in [1.807, 2.05) is 0 Å². The highest BCUT2D eigenvalue weighted by Gasteiger charge is 2.32. The molecule has 0 aliphatic carbocycles. The minimum Gasteiger partial charge on any atom is -0.330 e. The molecule has 0 amide bonds. The lowest BCUT2D eigenvalue weighted by Crippen LogP contribution is -2.47. The van der Waals surface area contributed by atoms with E-state index in [2.05, 4.69) is 62.9 Å². The lowest BCUT2D eigenvalue weighted by Gasteiger charge is -2.42. The summed E-state index contributed by atoms with van der Waals surface area (Å²) in [6.45, 7) is 13.6. The predicted octanol–water partition coefficient (Wildman–Crippen LogP) is 3.66. The summed E-state index contributed by atoms with van der Waals surface area (Å²) in [6.07, 6.45) is 2.64. The van der Waals surface area contributed by atoms with E-state index in [4.69, 9.17) is 5.73 Å². The SMILES string of the molecule is CC(CN)(CN1CCC(C(C)(C)C)CC1)c1ccccc1. The highest BCUT2D eigenvalue weighted by atomic mass is 15.1. The highest BCUT2D eigenvalue weighted by Crippen LogP contribution is 2.35. The molecule has 1 aliphatic heterocycles. The maximum atomic E-state index is 6.13. The van der Waals surface area contributed by atoms with Crippen LogP contribution in [-0.2, 0) is 5.41 Å². The van der Waals surface area contributed by atoms with Crippen LogP contribution in [0.4, 0.5) is 0 Å². The number of benzene rings is 1. The largest absolute Gasteiger partial charge is 0.330 e. The molecule has 0 bridgehead atoms. The zero-order valence-electron chi connectivity index (χ0n) is 14.2. The molecule has 1 atom stereocenters. The van der Waals surface area contributed by atoms with Gasteiger partial charge < -0.3 is 10.6 Å². The van der Waals surface area contributed by atoms with E-state index in [0.29, 0.717) is 12.0 Å². The zero-order chi connectivity index (χ0) is 15.5. The fourth-order valence-corrected chi connectivity index (χ4v) is 3.56. The van der Waals surface area contributed by atoms with Crippen LogP contribution in [0.25, 0.3) is 0 Å². The maximum absolute atomic E-state index is 6.13. The molecular formula is C19H32N2. The Hall–Kier alpha value is -0.860. The van der Waals surface area contributed by atoms with Gasteiger partial charge in [-0.2, -0.15) is 0 Å². The second kappa shape index (κ2) is 6.50. The standard InChI is InChI=1S/C19H32N2/c1-18(2,3)16-10-12-21(13-11-16)15-19(4,14-20)17-8-6-5-7-9-17/h5-9,16H,10-15,20H2,1-4H3. The van der Waals surface area contributed by atoms with Gasteiger partial charge in [-0.3, -0.25) is 0 Å². The third-order valence-electron chi connectivity index (χ3n) is 5.31. The first-order valence-corrected chi connectivity index (χ1v) is 8.33. The van der Waals surface area contributed by atoms with Crippen LogP contribution in [0.3, 0.4) is 0 Å². The minimum atomic E-state index is 0.0653. The number of hydrogen-bond donors (Lipinski definition) is 1. The quantitative estimate of drug-likeness (QED) is 0.916. The van der Waals surface area contributed by atoms with Gasteiger partial charge in [0.2, 0.25) is 0 Å². The van der Waals surface area contributed by atoms with Crippen LogP contribution < -0.4 is 5.73 Å². The lowest BCUT2D eigenvalue weighted by atomic mass is 9.74. The average molecular weight is 288 g/mol. The molecule has 1 heterocycles. The van der Waals surface area contributed by atoms with Crippen LogP contribution in [-0.4, -0.2) is 31.1 Å². The van der Waals surface area contributed by atoms with Gasteiger partial charge in [-0.1, -0.05) is 58.0 Å². The summed E-state index contributed by atoms with van der Waals surface area (Å²) in [7, 11) is 0. The lowest BCUT2D eigenvalue weighted by molar-refractivity contribution is 0.0975. The average Bonchev–Trinajstić information content (AvgIpc) is 2.47. The Bertz CT molecular complexity index is 427. The molecule has 1 unspecified atom stereocenters. The summed E-state index contributed by atoms with van der Waals surface area (Å²) in [4.78, 5) is 2.61. The molecule has 0 aromatic heterocycles. The molecule has 118 valence electrons. The molecule has 1 aliphatic rings. The Morgan fingerprint density at radius 3 is 2.10 bits per heavy atom. The first-order chi connectivity index (χ1) is 9.85. The molecule has 2 heteroatoms. The van der Waals surface area contributed by atoms with Crippen molar-refractivity contribution < 1.29 is 0 Å². The Morgan fingerprint density at radius 2 is 1.62 bits per heavy atom. The summed E-state index contributed by atoms with van der Waals surface area (Å²) >= 11 is 0. The van der Waals surface area contributed by atoms with E-state index >= 15 is 0 Å². The van der Waals surface area contributed by atoms with Crippen LogP contribution in [0.1, 0.15) is 46.1 Å². The van der Waals surface area contributed by atoms with Crippen LogP contribution in [0, 0.1) is 11.3 Å². The van der Waals surface area contributed by atoms with Crippen molar-refractivity contribution in [1.29, 1.82) is 0 Å². The van der Waals surface area contributed by atoms with Gasteiger partial charge in [0.1, 0.15) is 0 Å². The van der Waals surface area contributed by atoms with Crippen molar-refractivity contribution in [2.75, 3.05) is 26.2 Å². The molecule has 21 heavy (non-hydrogen) atoms. The first kappa shape index (κ1) is 16.5. The van der Waals surface area contributed by atoms with Crippen LogP contribution in [0.15, 0.2) is 30.3 Å². The fraction of sp³-hybridized carbons (Fsp3) is 0.684. The van der Waals surface area contributed by atoms with Gasteiger partial charge in [-0.05, 0) is 42.8 Å². The second-order valence-corrected chi connectivity index (χ2v) is 8.05. The topological polar surface area (TPSA) is 29.3 Å². The van der Waals surface area contributed by atoms with Gasteiger partial charge in [0, 0.05) is 18.5 Å². The summed E-state index contributed by atoms with van der Waals surface area (Å²) in [6, 6.07) is 10.8. The maximum Gasteiger partial charge on any atom is 0.0174 e. The number of likely N-dealkylation sites (tertiary alicyclic amines) is 1.